The molecule has 5 nitrogen and oxygen atoms in total. The van der Waals surface area contributed by atoms with Crippen LogP contribution in [0.25, 0.3) is 0 Å². The van der Waals surface area contributed by atoms with E-state index < -0.39 is 38.1 Å². The van der Waals surface area contributed by atoms with E-state index in [1.807, 2.05) is 0 Å². The van der Waals surface area contributed by atoms with Gasteiger partial charge in [0, 0.05) is 4.47 Å². The largest absolute Gasteiger partial charge is 0.478 e. The number of halogens is 3. The molecule has 2 rings (SSSR count). The summed E-state index contributed by atoms with van der Waals surface area (Å²) in [6, 6.07) is 5.69. The van der Waals surface area contributed by atoms with Crippen molar-refractivity contribution in [2.45, 2.75) is 4.90 Å². The van der Waals surface area contributed by atoms with Crippen molar-refractivity contribution >= 4 is 37.6 Å². The lowest BCUT2D eigenvalue weighted by Crippen LogP contribution is -2.14. The Morgan fingerprint density at radius 3 is 2.41 bits per heavy atom. The highest BCUT2D eigenvalue weighted by Gasteiger charge is 2.20. The molecule has 0 atom stereocenters. The number of anilines is 1. The van der Waals surface area contributed by atoms with Crippen molar-refractivity contribution in [3.05, 3.63) is 58.1 Å². The summed E-state index contributed by atoms with van der Waals surface area (Å²) in [7, 11) is -4.15. The molecule has 0 bridgehead atoms. The Hall–Kier alpha value is -2.00. The molecule has 0 saturated heterocycles. The first-order chi connectivity index (χ1) is 10.2. The zero-order chi connectivity index (χ0) is 16.5. The van der Waals surface area contributed by atoms with Crippen LogP contribution in [0, 0.1) is 11.6 Å². The van der Waals surface area contributed by atoms with Gasteiger partial charge in [-0.1, -0.05) is 0 Å². The number of carboxylic acids is 1. The molecule has 2 aromatic carbocycles. The molecule has 2 aromatic rings. The van der Waals surface area contributed by atoms with Crippen molar-refractivity contribution in [3.8, 4) is 0 Å². The number of hydrogen-bond acceptors (Lipinski definition) is 3. The smallest absolute Gasteiger partial charge is 0.338 e. The fourth-order valence-corrected chi connectivity index (χ4v) is 3.30. The normalized spacial score (nSPS) is 11.2. The molecule has 0 spiro atoms. The molecular weight excluding hydrogens is 384 g/mol. The predicted molar refractivity (Wildman–Crippen MR) is 78.3 cm³/mol. The summed E-state index contributed by atoms with van der Waals surface area (Å²) in [4.78, 5) is 10.4. The van der Waals surface area contributed by atoms with Gasteiger partial charge in [-0.05, 0) is 52.3 Å². The maximum atomic E-state index is 13.3. The Morgan fingerprint density at radius 1 is 1.14 bits per heavy atom. The third-order valence-electron chi connectivity index (χ3n) is 2.65. The Balaban J connectivity index is 2.42. The van der Waals surface area contributed by atoms with Crippen LogP contribution in [-0.2, 0) is 10.0 Å². The van der Waals surface area contributed by atoms with E-state index in [0.29, 0.717) is 6.07 Å². The number of rotatable bonds is 4. The van der Waals surface area contributed by atoms with E-state index in [-0.39, 0.29) is 10.2 Å². The van der Waals surface area contributed by atoms with Crippen LogP contribution < -0.4 is 4.72 Å². The number of sulfonamides is 1. The highest BCUT2D eigenvalue weighted by Crippen LogP contribution is 2.26. The molecule has 2 N–H and O–H groups in total. The highest BCUT2D eigenvalue weighted by atomic mass is 79.9. The summed E-state index contributed by atoms with van der Waals surface area (Å²) in [5.41, 5.74) is -0.705. The standard InChI is InChI=1S/C13H8BrF2NO4S/c14-10-5-7(15)1-4-12(10)17-22(20,21)8-2-3-11(16)9(6-8)13(18)19/h1-6,17H,(H,18,19). The van der Waals surface area contributed by atoms with Crippen LogP contribution in [0.3, 0.4) is 0 Å². The number of nitrogens with one attached hydrogen (secondary N) is 1. The monoisotopic (exact) mass is 391 g/mol. The first kappa shape index (κ1) is 16.4. The van der Waals surface area contributed by atoms with E-state index in [1.54, 1.807) is 0 Å². The molecule has 22 heavy (non-hydrogen) atoms. The maximum Gasteiger partial charge on any atom is 0.338 e. The molecular formula is C13H8BrF2NO4S. The minimum atomic E-state index is -4.15. The Bertz CT molecular complexity index is 855. The number of carbonyl (C=O) groups is 1. The summed E-state index contributed by atoms with van der Waals surface area (Å²) >= 11 is 3.00. The van der Waals surface area contributed by atoms with E-state index >= 15 is 0 Å². The van der Waals surface area contributed by atoms with Gasteiger partial charge in [-0.25, -0.2) is 22.0 Å². The Morgan fingerprint density at radius 2 is 1.82 bits per heavy atom. The van der Waals surface area contributed by atoms with Crippen LogP contribution in [0.5, 0.6) is 0 Å². The van der Waals surface area contributed by atoms with Crippen molar-refractivity contribution in [1.82, 2.24) is 0 Å². The van der Waals surface area contributed by atoms with E-state index in [2.05, 4.69) is 20.7 Å². The number of benzene rings is 2. The molecule has 0 aromatic heterocycles. The van der Waals surface area contributed by atoms with Crippen molar-refractivity contribution in [2.75, 3.05) is 4.72 Å². The van der Waals surface area contributed by atoms with Crippen LogP contribution in [-0.4, -0.2) is 19.5 Å². The fourth-order valence-electron chi connectivity index (χ4n) is 1.61. The lowest BCUT2D eigenvalue weighted by molar-refractivity contribution is 0.0691. The molecule has 0 amide bonds. The second kappa shape index (κ2) is 6.01. The molecule has 0 aliphatic rings. The number of aromatic carboxylic acids is 1. The van der Waals surface area contributed by atoms with Gasteiger partial charge >= 0.3 is 5.97 Å². The van der Waals surface area contributed by atoms with Crippen LogP contribution in [0.15, 0.2) is 45.8 Å². The average molecular weight is 392 g/mol. The number of hydrogen-bond donors (Lipinski definition) is 2. The third-order valence-corrected chi connectivity index (χ3v) is 4.67. The molecule has 9 heteroatoms. The minimum Gasteiger partial charge on any atom is -0.478 e. The zero-order valence-corrected chi connectivity index (χ0v) is 13.1. The van der Waals surface area contributed by atoms with E-state index in [0.717, 1.165) is 24.3 Å². The number of carboxylic acid groups (broad SMARTS) is 1. The lowest BCUT2D eigenvalue weighted by Gasteiger charge is -2.10. The van der Waals surface area contributed by atoms with Gasteiger partial charge in [0.2, 0.25) is 0 Å². The summed E-state index contributed by atoms with van der Waals surface area (Å²) in [6.45, 7) is 0. The van der Waals surface area contributed by atoms with Gasteiger partial charge in [-0.15, -0.1) is 0 Å². The second-order valence-corrected chi connectivity index (χ2v) is 6.71. The van der Waals surface area contributed by atoms with Gasteiger partial charge in [0.25, 0.3) is 10.0 Å². The molecule has 0 radical (unpaired) electrons. The van der Waals surface area contributed by atoms with Gasteiger partial charge in [0.15, 0.2) is 0 Å². The zero-order valence-electron chi connectivity index (χ0n) is 10.7. The third kappa shape index (κ3) is 3.42. The van der Waals surface area contributed by atoms with Gasteiger partial charge in [-0.3, -0.25) is 4.72 Å². The quantitative estimate of drug-likeness (QED) is 0.837. The van der Waals surface area contributed by atoms with Gasteiger partial charge < -0.3 is 5.11 Å². The summed E-state index contributed by atoms with van der Waals surface area (Å²) < 4.78 is 53.0. The fraction of sp³-hybridized carbons (Fsp3) is 0. The van der Waals surface area contributed by atoms with Crippen molar-refractivity contribution in [2.24, 2.45) is 0 Å². The molecule has 0 aliphatic carbocycles. The van der Waals surface area contributed by atoms with E-state index in [4.69, 9.17) is 5.11 Å². The van der Waals surface area contributed by atoms with E-state index in [1.165, 1.54) is 6.07 Å². The summed E-state index contributed by atoms with van der Waals surface area (Å²) in [5.74, 6) is -3.20. The van der Waals surface area contributed by atoms with Crippen LogP contribution in [0.1, 0.15) is 10.4 Å². The predicted octanol–water partition coefficient (Wildman–Crippen LogP) is 3.23. The van der Waals surface area contributed by atoms with E-state index in [9.17, 15) is 22.0 Å². The van der Waals surface area contributed by atoms with Crippen molar-refractivity contribution in [3.63, 3.8) is 0 Å². The molecule has 0 fully saturated rings. The molecule has 0 saturated carbocycles. The van der Waals surface area contributed by atoms with Crippen LogP contribution in [0.2, 0.25) is 0 Å². The molecule has 116 valence electrons. The SMILES string of the molecule is O=C(O)c1cc(S(=O)(=O)Nc2ccc(F)cc2Br)ccc1F. The first-order valence-corrected chi connectivity index (χ1v) is 7.99. The van der Waals surface area contributed by atoms with Crippen molar-refractivity contribution < 1.29 is 27.1 Å². The van der Waals surface area contributed by atoms with Gasteiger partial charge in [-0.2, -0.15) is 0 Å². The van der Waals surface area contributed by atoms with Gasteiger partial charge in [0.05, 0.1) is 16.1 Å². The topological polar surface area (TPSA) is 83.5 Å². The van der Waals surface area contributed by atoms with Gasteiger partial charge in [0.1, 0.15) is 11.6 Å². The average Bonchev–Trinajstić information content (AvgIpc) is 2.42. The lowest BCUT2D eigenvalue weighted by atomic mass is 10.2. The molecule has 0 aliphatic heterocycles. The second-order valence-electron chi connectivity index (χ2n) is 4.18. The molecule has 0 unspecified atom stereocenters. The highest BCUT2D eigenvalue weighted by molar-refractivity contribution is 9.10. The first-order valence-electron chi connectivity index (χ1n) is 5.71. The Labute approximate surface area is 132 Å². The summed E-state index contributed by atoms with van der Waals surface area (Å²) in [6.07, 6.45) is 0. The summed E-state index contributed by atoms with van der Waals surface area (Å²) in [5, 5.41) is 8.82. The Kier molecular flexibility index (Phi) is 4.47. The maximum absolute atomic E-state index is 13.3. The molecule has 0 heterocycles. The minimum absolute atomic E-state index is 0.0580. The van der Waals surface area contributed by atoms with Crippen LogP contribution >= 0.6 is 15.9 Å². The van der Waals surface area contributed by atoms with Crippen LogP contribution in [0.4, 0.5) is 14.5 Å². The van der Waals surface area contributed by atoms with Crippen molar-refractivity contribution in [1.29, 1.82) is 0 Å².